The lowest BCUT2D eigenvalue weighted by atomic mass is 10.1. The minimum absolute atomic E-state index is 0.0779. The Bertz CT molecular complexity index is 1760. The Labute approximate surface area is 207 Å². The number of fused-ring (bicyclic) bond motifs is 2. The Hall–Kier alpha value is -4.68. The van der Waals surface area contributed by atoms with Gasteiger partial charge in [0.2, 0.25) is 0 Å². The summed E-state index contributed by atoms with van der Waals surface area (Å²) in [4.78, 5) is 17.3. The number of aryl methyl sites for hydroxylation is 1. The Kier molecular flexibility index (Phi) is 5.88. The summed E-state index contributed by atoms with van der Waals surface area (Å²) in [5.41, 5.74) is 3.34. The molecule has 0 saturated heterocycles. The fraction of sp³-hybridized carbons (Fsp3) is 0.0741. The van der Waals surface area contributed by atoms with Gasteiger partial charge in [-0.2, -0.15) is 5.26 Å². The summed E-state index contributed by atoms with van der Waals surface area (Å²) in [5, 5.41) is 13.2. The summed E-state index contributed by atoms with van der Waals surface area (Å²) >= 11 is 0. The first kappa shape index (κ1) is 23.1. The number of benzene rings is 3. The number of rotatable bonds is 6. The third kappa shape index (κ3) is 4.37. The zero-order valence-corrected chi connectivity index (χ0v) is 20.1. The maximum atomic E-state index is 13.2. The number of nitrogens with one attached hydrogen (secondary N) is 2. The summed E-state index contributed by atoms with van der Waals surface area (Å²) in [5.74, 6) is -0.289. The number of carbonyl (C=O) groups excluding carboxylic acids is 1. The third-order valence-corrected chi connectivity index (χ3v) is 7.32. The number of carbonyl (C=O) groups is 1. The van der Waals surface area contributed by atoms with Gasteiger partial charge in [-0.15, -0.1) is 0 Å². The second-order valence-corrected chi connectivity index (χ2v) is 9.96. The summed E-state index contributed by atoms with van der Waals surface area (Å²) in [6, 6.07) is 22.7. The average Bonchev–Trinajstić information content (AvgIpc) is 3.22. The van der Waals surface area contributed by atoms with E-state index in [1.54, 1.807) is 79.1 Å². The molecule has 5 aromatic rings. The molecule has 0 atom stereocenters. The van der Waals surface area contributed by atoms with Gasteiger partial charge in [-0.25, -0.2) is 8.42 Å². The Morgan fingerprint density at radius 3 is 2.61 bits per heavy atom. The molecule has 2 aromatic heterocycles. The van der Waals surface area contributed by atoms with Crippen molar-refractivity contribution in [3.8, 4) is 6.07 Å². The molecule has 0 unspecified atom stereocenters. The minimum Gasteiger partial charge on any atom is -0.350 e. The van der Waals surface area contributed by atoms with Gasteiger partial charge in [0.25, 0.3) is 15.9 Å². The zero-order chi connectivity index (χ0) is 25.3. The van der Waals surface area contributed by atoms with E-state index >= 15 is 0 Å². The molecule has 0 spiro atoms. The number of hydrogen-bond acceptors (Lipinski definition) is 5. The summed E-state index contributed by atoms with van der Waals surface area (Å²) in [7, 11) is -2.10. The highest BCUT2D eigenvalue weighted by Crippen LogP contribution is 2.28. The van der Waals surface area contributed by atoms with Crippen LogP contribution in [0.2, 0.25) is 0 Å². The molecule has 0 saturated carbocycles. The average molecular weight is 496 g/mol. The lowest BCUT2D eigenvalue weighted by molar-refractivity contribution is 0.0952. The predicted molar refractivity (Wildman–Crippen MR) is 138 cm³/mol. The van der Waals surface area contributed by atoms with Crippen molar-refractivity contribution in [3.63, 3.8) is 0 Å². The highest BCUT2D eigenvalue weighted by Gasteiger charge is 2.20. The quantitative estimate of drug-likeness (QED) is 0.364. The van der Waals surface area contributed by atoms with E-state index in [1.165, 1.54) is 6.07 Å². The molecule has 0 radical (unpaired) electrons. The first-order valence-corrected chi connectivity index (χ1v) is 12.6. The van der Waals surface area contributed by atoms with Gasteiger partial charge in [0.1, 0.15) is 4.90 Å². The monoisotopic (exact) mass is 495 g/mol. The largest absolute Gasteiger partial charge is 0.350 e. The van der Waals surface area contributed by atoms with Crippen LogP contribution in [-0.2, 0) is 23.6 Å². The van der Waals surface area contributed by atoms with Crippen molar-refractivity contribution in [2.45, 2.75) is 11.4 Å². The van der Waals surface area contributed by atoms with Gasteiger partial charge in [-0.3, -0.25) is 14.5 Å². The number of para-hydroxylation sites is 1. The van der Waals surface area contributed by atoms with Crippen LogP contribution in [0.25, 0.3) is 21.8 Å². The fourth-order valence-electron chi connectivity index (χ4n) is 4.11. The van der Waals surface area contributed by atoms with Crippen molar-refractivity contribution >= 4 is 43.4 Å². The molecule has 2 N–H and O–H groups in total. The molecule has 0 aliphatic heterocycles. The van der Waals surface area contributed by atoms with Crippen LogP contribution < -0.4 is 10.0 Å². The van der Waals surface area contributed by atoms with Crippen LogP contribution in [0.5, 0.6) is 0 Å². The SMILES string of the molecule is Cn1cc(C(=O)NCc2ccc(C#N)cc2)c2cc(NS(=O)(=O)c3cccc4cccnc34)ccc21. The van der Waals surface area contributed by atoms with E-state index in [9.17, 15) is 13.2 Å². The van der Waals surface area contributed by atoms with Crippen molar-refractivity contribution in [3.05, 3.63) is 102 Å². The molecule has 178 valence electrons. The Balaban J connectivity index is 1.43. The number of amides is 1. The molecular weight excluding hydrogens is 474 g/mol. The number of nitriles is 1. The Morgan fingerprint density at radius 1 is 1.06 bits per heavy atom. The first-order chi connectivity index (χ1) is 17.4. The lowest BCUT2D eigenvalue weighted by Crippen LogP contribution is -2.22. The molecule has 1 amide bonds. The number of nitrogens with zero attached hydrogens (tertiary/aromatic N) is 3. The molecule has 9 heteroatoms. The van der Waals surface area contributed by atoms with Crippen LogP contribution >= 0.6 is 0 Å². The molecule has 8 nitrogen and oxygen atoms in total. The van der Waals surface area contributed by atoms with Crippen molar-refractivity contribution in [2.75, 3.05) is 4.72 Å². The van der Waals surface area contributed by atoms with E-state index in [1.807, 2.05) is 11.6 Å². The van der Waals surface area contributed by atoms with Gasteiger partial charge in [0.05, 0.1) is 22.7 Å². The predicted octanol–water partition coefficient (Wildman–Crippen LogP) is 4.33. The zero-order valence-electron chi connectivity index (χ0n) is 19.3. The van der Waals surface area contributed by atoms with E-state index in [0.29, 0.717) is 34.3 Å². The summed E-state index contributed by atoms with van der Waals surface area (Å²) in [6.45, 7) is 0.293. The fourth-order valence-corrected chi connectivity index (χ4v) is 5.34. The first-order valence-electron chi connectivity index (χ1n) is 11.1. The molecule has 0 fully saturated rings. The smallest absolute Gasteiger partial charge is 0.264 e. The van der Waals surface area contributed by atoms with Crippen molar-refractivity contribution in [1.29, 1.82) is 5.26 Å². The maximum Gasteiger partial charge on any atom is 0.264 e. The maximum absolute atomic E-state index is 13.2. The van der Waals surface area contributed by atoms with E-state index in [-0.39, 0.29) is 10.8 Å². The second-order valence-electron chi connectivity index (χ2n) is 8.31. The van der Waals surface area contributed by atoms with E-state index in [0.717, 1.165) is 16.5 Å². The van der Waals surface area contributed by atoms with E-state index in [4.69, 9.17) is 5.26 Å². The topological polar surface area (TPSA) is 117 Å². The van der Waals surface area contributed by atoms with Crippen LogP contribution in [0.3, 0.4) is 0 Å². The lowest BCUT2D eigenvalue weighted by Gasteiger charge is -2.11. The van der Waals surface area contributed by atoms with Crippen LogP contribution in [0.1, 0.15) is 21.5 Å². The van der Waals surface area contributed by atoms with Crippen LogP contribution in [0, 0.1) is 11.3 Å². The number of hydrogen-bond donors (Lipinski definition) is 2. The summed E-state index contributed by atoms with van der Waals surface area (Å²) < 4.78 is 30.9. The molecule has 0 aliphatic carbocycles. The summed E-state index contributed by atoms with van der Waals surface area (Å²) in [6.07, 6.45) is 3.27. The minimum atomic E-state index is -3.93. The number of anilines is 1. The van der Waals surface area contributed by atoms with Crippen LogP contribution in [0.4, 0.5) is 5.69 Å². The van der Waals surface area contributed by atoms with Gasteiger partial charge in [-0.1, -0.05) is 30.3 Å². The van der Waals surface area contributed by atoms with Gasteiger partial charge >= 0.3 is 0 Å². The third-order valence-electron chi connectivity index (χ3n) is 5.91. The number of pyridine rings is 1. The highest BCUT2D eigenvalue weighted by atomic mass is 32.2. The van der Waals surface area contributed by atoms with Crippen molar-refractivity contribution in [2.24, 2.45) is 7.05 Å². The second kappa shape index (κ2) is 9.17. The highest BCUT2D eigenvalue weighted by molar-refractivity contribution is 7.93. The standard InChI is InChI=1S/C27H21N5O3S/c1-32-17-23(27(33)30-16-19-9-7-18(15-28)8-10-19)22-14-21(11-12-24(22)32)31-36(34,35)25-6-2-4-20-5-3-13-29-26(20)25/h2-14,17,31H,16H2,1H3,(H,30,33). The number of aromatic nitrogens is 2. The number of sulfonamides is 1. The molecule has 0 aliphatic rings. The van der Waals surface area contributed by atoms with Crippen molar-refractivity contribution in [1.82, 2.24) is 14.9 Å². The Morgan fingerprint density at radius 2 is 1.83 bits per heavy atom. The molecule has 36 heavy (non-hydrogen) atoms. The molecule has 3 aromatic carbocycles. The van der Waals surface area contributed by atoms with Crippen LogP contribution in [-0.4, -0.2) is 23.9 Å². The van der Waals surface area contributed by atoms with E-state index in [2.05, 4.69) is 21.1 Å². The normalized spacial score (nSPS) is 11.3. The molecule has 5 rings (SSSR count). The van der Waals surface area contributed by atoms with Gasteiger partial charge in [0.15, 0.2) is 0 Å². The van der Waals surface area contributed by atoms with Gasteiger partial charge < -0.3 is 9.88 Å². The van der Waals surface area contributed by atoms with Gasteiger partial charge in [-0.05, 0) is 48.0 Å². The van der Waals surface area contributed by atoms with Crippen LogP contribution in [0.15, 0.2) is 90.1 Å². The van der Waals surface area contributed by atoms with E-state index < -0.39 is 10.0 Å². The van der Waals surface area contributed by atoms with Gasteiger partial charge in [0, 0.05) is 48.0 Å². The molecule has 0 bridgehead atoms. The molecular formula is C27H21N5O3S. The van der Waals surface area contributed by atoms with Crippen molar-refractivity contribution < 1.29 is 13.2 Å². The molecule has 2 heterocycles.